The van der Waals surface area contributed by atoms with Gasteiger partial charge in [-0.15, -0.1) is 11.3 Å². The highest BCUT2D eigenvalue weighted by molar-refractivity contribution is 7.11. The van der Waals surface area contributed by atoms with Gasteiger partial charge in [0.25, 0.3) is 0 Å². The van der Waals surface area contributed by atoms with Gasteiger partial charge in [-0.1, -0.05) is 36.3 Å². The molecule has 0 unspecified atom stereocenters. The number of thiazole rings is 1. The topological polar surface area (TPSA) is 56.0 Å². The molecule has 0 fully saturated rings. The molecule has 1 aromatic carbocycles. The van der Waals surface area contributed by atoms with Crippen molar-refractivity contribution >= 4 is 17.1 Å². The van der Waals surface area contributed by atoms with E-state index < -0.39 is 0 Å². The fourth-order valence-electron chi connectivity index (χ4n) is 2.71. The van der Waals surface area contributed by atoms with E-state index in [0.717, 1.165) is 27.5 Å². The van der Waals surface area contributed by atoms with Crippen LogP contribution in [0.2, 0.25) is 0 Å². The van der Waals surface area contributed by atoms with Crippen LogP contribution in [0.15, 0.2) is 41.2 Å². The van der Waals surface area contributed by atoms with Gasteiger partial charge >= 0.3 is 0 Å². The zero-order valence-corrected chi connectivity index (χ0v) is 14.9. The molecule has 3 aromatic rings. The van der Waals surface area contributed by atoms with Crippen LogP contribution >= 0.6 is 11.3 Å². The van der Waals surface area contributed by atoms with Crippen LogP contribution in [0.1, 0.15) is 40.5 Å². The van der Waals surface area contributed by atoms with Gasteiger partial charge in [-0.2, -0.15) is 0 Å². The molecular weight excluding hydrogens is 320 g/mol. The molecule has 0 aliphatic rings. The molecule has 1 atom stereocenters. The summed E-state index contributed by atoms with van der Waals surface area (Å²) in [6.07, 6.45) is 4.57. The minimum atomic E-state index is 0.176. The lowest BCUT2D eigenvalue weighted by Gasteiger charge is -2.08. The van der Waals surface area contributed by atoms with Crippen molar-refractivity contribution in [2.45, 2.75) is 39.5 Å². The molecule has 0 bridgehead atoms. The second kappa shape index (κ2) is 7.09. The monoisotopic (exact) mass is 340 g/mol. The van der Waals surface area contributed by atoms with Crippen molar-refractivity contribution in [2.24, 2.45) is 0 Å². The van der Waals surface area contributed by atoms with Gasteiger partial charge in [-0.25, -0.2) is 4.98 Å². The normalized spacial score (nSPS) is 12.3. The quantitative estimate of drug-likeness (QED) is 0.651. The molecule has 2 heterocycles. The number of aryl methyl sites for hydroxylation is 2. The van der Waals surface area contributed by atoms with Crippen LogP contribution in [0, 0.1) is 13.8 Å². The third kappa shape index (κ3) is 3.79. The van der Waals surface area contributed by atoms with E-state index in [2.05, 4.69) is 17.1 Å². The second-order valence-corrected chi connectivity index (χ2v) is 7.39. The Kier molecular flexibility index (Phi) is 4.90. The number of hydrogen-bond acceptors (Lipinski definition) is 5. The van der Waals surface area contributed by atoms with Gasteiger partial charge in [0.2, 0.25) is 0 Å². The predicted octanol–water partition coefficient (Wildman–Crippen LogP) is 4.72. The van der Waals surface area contributed by atoms with E-state index in [0.29, 0.717) is 12.8 Å². The van der Waals surface area contributed by atoms with Gasteiger partial charge in [-0.05, 0) is 25.0 Å². The Morgan fingerprint density at radius 3 is 2.54 bits per heavy atom. The largest absolute Gasteiger partial charge is 0.361 e. The maximum atomic E-state index is 12.3. The van der Waals surface area contributed by atoms with Crippen molar-refractivity contribution < 1.29 is 9.32 Å². The van der Waals surface area contributed by atoms with Crippen LogP contribution in [-0.2, 0) is 11.2 Å². The summed E-state index contributed by atoms with van der Waals surface area (Å²) >= 11 is 1.67. The zero-order chi connectivity index (χ0) is 17.1. The molecule has 3 rings (SSSR count). The maximum absolute atomic E-state index is 12.3. The Morgan fingerprint density at radius 1 is 1.21 bits per heavy atom. The molecule has 0 radical (unpaired) electrons. The van der Waals surface area contributed by atoms with Gasteiger partial charge < -0.3 is 4.52 Å². The van der Waals surface area contributed by atoms with Crippen LogP contribution in [0.5, 0.6) is 0 Å². The van der Waals surface area contributed by atoms with Crippen molar-refractivity contribution in [1.29, 1.82) is 0 Å². The summed E-state index contributed by atoms with van der Waals surface area (Å²) in [5, 5.41) is 4.84. The van der Waals surface area contributed by atoms with Crippen molar-refractivity contribution in [3.05, 3.63) is 57.9 Å². The SMILES string of the molecule is Cc1cnc([C@@H](C)CC(=O)Cc2ccc(-c3cnoc3C)cc2)s1. The van der Waals surface area contributed by atoms with E-state index in [1.807, 2.05) is 44.3 Å². The molecule has 0 saturated carbocycles. The number of nitrogens with zero attached hydrogens (tertiary/aromatic N) is 2. The van der Waals surface area contributed by atoms with Crippen LogP contribution in [-0.4, -0.2) is 15.9 Å². The Morgan fingerprint density at radius 2 is 1.96 bits per heavy atom. The molecule has 124 valence electrons. The highest BCUT2D eigenvalue weighted by Gasteiger charge is 2.15. The fourth-order valence-corrected chi connectivity index (χ4v) is 3.53. The summed E-state index contributed by atoms with van der Waals surface area (Å²) in [6.45, 7) is 5.99. The average Bonchev–Trinajstić information content (AvgIpc) is 3.16. The number of benzene rings is 1. The molecule has 0 aliphatic heterocycles. The van der Waals surface area contributed by atoms with Gasteiger partial charge in [0.15, 0.2) is 0 Å². The van der Waals surface area contributed by atoms with Gasteiger partial charge in [0, 0.05) is 35.4 Å². The molecule has 0 aliphatic carbocycles. The minimum absolute atomic E-state index is 0.176. The molecule has 0 saturated heterocycles. The molecule has 2 aromatic heterocycles. The van der Waals surface area contributed by atoms with Crippen LogP contribution < -0.4 is 0 Å². The number of carbonyl (C=O) groups is 1. The molecule has 24 heavy (non-hydrogen) atoms. The lowest BCUT2D eigenvalue weighted by molar-refractivity contribution is -0.118. The summed E-state index contributed by atoms with van der Waals surface area (Å²) in [4.78, 5) is 17.9. The highest BCUT2D eigenvalue weighted by Crippen LogP contribution is 2.26. The number of ketones is 1. The average molecular weight is 340 g/mol. The van der Waals surface area contributed by atoms with Gasteiger partial charge in [-0.3, -0.25) is 4.79 Å². The summed E-state index contributed by atoms with van der Waals surface area (Å²) in [5.41, 5.74) is 3.07. The van der Waals surface area contributed by atoms with E-state index in [9.17, 15) is 4.79 Å². The molecular formula is C19H20N2O2S. The second-order valence-electron chi connectivity index (χ2n) is 6.12. The Balaban J connectivity index is 1.61. The maximum Gasteiger partial charge on any atom is 0.141 e. The summed E-state index contributed by atoms with van der Waals surface area (Å²) < 4.78 is 5.09. The summed E-state index contributed by atoms with van der Waals surface area (Å²) in [6, 6.07) is 8.02. The number of carbonyl (C=O) groups excluding carboxylic acids is 1. The fraction of sp³-hybridized carbons (Fsp3) is 0.316. The van der Waals surface area contributed by atoms with Crippen molar-refractivity contribution in [1.82, 2.24) is 10.1 Å². The predicted molar refractivity (Wildman–Crippen MR) is 95.3 cm³/mol. The Bertz CT molecular complexity index is 833. The molecule has 0 amide bonds. The molecule has 0 N–H and O–H groups in total. The number of hydrogen-bond donors (Lipinski definition) is 0. The Hall–Kier alpha value is -2.27. The van der Waals surface area contributed by atoms with Crippen molar-refractivity contribution in [2.75, 3.05) is 0 Å². The third-order valence-corrected chi connectivity index (χ3v) is 5.16. The van der Waals surface area contributed by atoms with Crippen LogP contribution in [0.25, 0.3) is 11.1 Å². The van der Waals surface area contributed by atoms with Crippen molar-refractivity contribution in [3.8, 4) is 11.1 Å². The van der Waals surface area contributed by atoms with Crippen LogP contribution in [0.4, 0.5) is 0 Å². The third-order valence-electron chi connectivity index (χ3n) is 4.01. The lowest BCUT2D eigenvalue weighted by atomic mass is 9.98. The number of rotatable bonds is 6. The van der Waals surface area contributed by atoms with E-state index in [4.69, 9.17) is 4.52 Å². The van der Waals surface area contributed by atoms with E-state index >= 15 is 0 Å². The number of aromatic nitrogens is 2. The van der Waals surface area contributed by atoms with E-state index in [1.165, 1.54) is 4.88 Å². The zero-order valence-electron chi connectivity index (χ0n) is 14.1. The standard InChI is InChI=1S/C19H20N2O2S/c1-12(19-20-10-13(2)24-19)8-17(22)9-15-4-6-16(7-5-15)18-11-21-23-14(18)3/h4-7,10-12H,8-9H2,1-3H3/t12-/m0/s1. The summed E-state index contributed by atoms with van der Waals surface area (Å²) in [7, 11) is 0. The first-order chi connectivity index (χ1) is 11.5. The molecule has 4 nitrogen and oxygen atoms in total. The minimum Gasteiger partial charge on any atom is -0.361 e. The first-order valence-electron chi connectivity index (χ1n) is 7.97. The first kappa shape index (κ1) is 16.6. The highest BCUT2D eigenvalue weighted by atomic mass is 32.1. The smallest absolute Gasteiger partial charge is 0.141 e. The first-order valence-corrected chi connectivity index (χ1v) is 8.79. The molecule has 5 heteroatoms. The molecule has 0 spiro atoms. The van der Waals surface area contributed by atoms with E-state index in [1.54, 1.807) is 17.5 Å². The van der Waals surface area contributed by atoms with Crippen LogP contribution in [0.3, 0.4) is 0 Å². The lowest BCUT2D eigenvalue weighted by Crippen LogP contribution is -2.07. The number of Topliss-reactive ketones (excluding diaryl/α,β-unsaturated/α-hetero) is 1. The Labute approximate surface area is 145 Å². The van der Waals surface area contributed by atoms with Crippen molar-refractivity contribution in [3.63, 3.8) is 0 Å². The van der Waals surface area contributed by atoms with Gasteiger partial charge in [0.05, 0.1) is 11.2 Å². The summed E-state index contributed by atoms with van der Waals surface area (Å²) in [5.74, 6) is 1.21. The van der Waals surface area contributed by atoms with Gasteiger partial charge in [0.1, 0.15) is 11.5 Å². The van der Waals surface area contributed by atoms with E-state index in [-0.39, 0.29) is 11.7 Å².